The summed E-state index contributed by atoms with van der Waals surface area (Å²) in [6.45, 7) is 4.59. The van der Waals surface area contributed by atoms with Gasteiger partial charge in [0.25, 0.3) is 0 Å². The lowest BCUT2D eigenvalue weighted by molar-refractivity contribution is -0.138. The number of morpholine rings is 1. The summed E-state index contributed by atoms with van der Waals surface area (Å²) in [5, 5.41) is 1.79. The van der Waals surface area contributed by atoms with Gasteiger partial charge >= 0.3 is 0 Å². The second-order valence-electron chi connectivity index (χ2n) is 3.68. The van der Waals surface area contributed by atoms with Crippen molar-refractivity contribution in [3.8, 4) is 0 Å². The molecule has 1 aliphatic heterocycles. The molecule has 1 N–H and O–H groups in total. The number of carbonyl (C=O) groups is 1. The van der Waals surface area contributed by atoms with Gasteiger partial charge in [-0.2, -0.15) is 0 Å². The summed E-state index contributed by atoms with van der Waals surface area (Å²) >= 11 is 0. The van der Waals surface area contributed by atoms with Gasteiger partial charge in [-0.25, -0.2) is 10.4 Å². The highest BCUT2D eigenvalue weighted by molar-refractivity contribution is 5.81. The molecule has 0 saturated carbocycles. The van der Waals surface area contributed by atoms with Crippen molar-refractivity contribution in [3.63, 3.8) is 0 Å². The van der Waals surface area contributed by atoms with Crippen LogP contribution in [0, 0.1) is 0 Å². The SMILES string of the molecule is CC(NN(C)C)C(=O)N1CCOCC1. The van der Waals surface area contributed by atoms with Crippen LogP contribution in [0.2, 0.25) is 0 Å². The summed E-state index contributed by atoms with van der Waals surface area (Å²) in [6, 6.07) is -0.164. The van der Waals surface area contributed by atoms with Gasteiger partial charge < -0.3 is 9.64 Å². The van der Waals surface area contributed by atoms with Gasteiger partial charge in [0.15, 0.2) is 0 Å². The molecule has 0 aromatic heterocycles. The first-order valence-corrected chi connectivity index (χ1v) is 4.91. The van der Waals surface area contributed by atoms with Crippen molar-refractivity contribution in [1.82, 2.24) is 15.3 Å². The monoisotopic (exact) mass is 201 g/mol. The fraction of sp³-hybridized carbons (Fsp3) is 0.889. The number of nitrogens with one attached hydrogen (secondary N) is 1. The zero-order valence-corrected chi connectivity index (χ0v) is 9.12. The maximum atomic E-state index is 11.8. The van der Waals surface area contributed by atoms with Crippen molar-refractivity contribution in [2.75, 3.05) is 40.4 Å². The van der Waals surface area contributed by atoms with Crippen LogP contribution < -0.4 is 5.43 Å². The Morgan fingerprint density at radius 1 is 1.43 bits per heavy atom. The number of hydrazine groups is 1. The second-order valence-corrected chi connectivity index (χ2v) is 3.68. The fourth-order valence-electron chi connectivity index (χ4n) is 1.50. The minimum atomic E-state index is -0.164. The van der Waals surface area contributed by atoms with Gasteiger partial charge in [0, 0.05) is 27.2 Å². The Hall–Kier alpha value is -0.650. The van der Waals surface area contributed by atoms with E-state index < -0.39 is 0 Å². The first-order chi connectivity index (χ1) is 6.61. The van der Waals surface area contributed by atoms with Crippen molar-refractivity contribution in [1.29, 1.82) is 0 Å². The summed E-state index contributed by atoms with van der Waals surface area (Å²) in [5.41, 5.74) is 3.04. The van der Waals surface area contributed by atoms with Gasteiger partial charge in [0.2, 0.25) is 5.91 Å². The van der Waals surface area contributed by atoms with Gasteiger partial charge in [-0.1, -0.05) is 0 Å². The Morgan fingerprint density at radius 3 is 2.50 bits per heavy atom. The van der Waals surface area contributed by atoms with E-state index in [-0.39, 0.29) is 11.9 Å². The minimum absolute atomic E-state index is 0.141. The normalized spacial score (nSPS) is 19.9. The van der Waals surface area contributed by atoms with Gasteiger partial charge in [0.1, 0.15) is 0 Å². The third kappa shape index (κ3) is 3.25. The highest BCUT2D eigenvalue weighted by Crippen LogP contribution is 2.00. The Labute approximate surface area is 85.0 Å². The second kappa shape index (κ2) is 5.29. The summed E-state index contributed by atoms with van der Waals surface area (Å²) < 4.78 is 5.19. The Balaban J connectivity index is 2.38. The smallest absolute Gasteiger partial charge is 0.240 e. The average molecular weight is 201 g/mol. The lowest BCUT2D eigenvalue weighted by Gasteiger charge is -2.30. The molecule has 1 heterocycles. The molecule has 14 heavy (non-hydrogen) atoms. The first kappa shape index (κ1) is 11.4. The molecule has 1 amide bonds. The van der Waals surface area contributed by atoms with Gasteiger partial charge in [0.05, 0.1) is 19.3 Å². The van der Waals surface area contributed by atoms with Crippen LogP contribution in [0.5, 0.6) is 0 Å². The summed E-state index contributed by atoms with van der Waals surface area (Å²) in [5.74, 6) is 0.141. The molecule has 0 spiro atoms. The van der Waals surface area contributed by atoms with Crippen LogP contribution in [0.25, 0.3) is 0 Å². The van der Waals surface area contributed by atoms with Crippen LogP contribution in [0.15, 0.2) is 0 Å². The molecular weight excluding hydrogens is 182 g/mol. The number of amides is 1. The van der Waals surface area contributed by atoms with Crippen molar-refractivity contribution in [2.24, 2.45) is 0 Å². The molecule has 0 aliphatic carbocycles. The van der Waals surface area contributed by atoms with Crippen molar-refractivity contribution < 1.29 is 9.53 Å². The van der Waals surface area contributed by atoms with Crippen LogP contribution in [-0.2, 0) is 9.53 Å². The van der Waals surface area contributed by atoms with E-state index in [9.17, 15) is 4.79 Å². The molecule has 1 aliphatic rings. The van der Waals surface area contributed by atoms with E-state index in [0.717, 1.165) is 0 Å². The molecule has 5 nitrogen and oxygen atoms in total. The molecule has 82 valence electrons. The van der Waals surface area contributed by atoms with E-state index in [0.29, 0.717) is 26.3 Å². The number of rotatable bonds is 3. The zero-order chi connectivity index (χ0) is 10.6. The number of ether oxygens (including phenoxy) is 1. The third-order valence-electron chi connectivity index (χ3n) is 2.15. The van der Waals surface area contributed by atoms with Gasteiger partial charge in [-0.05, 0) is 6.92 Å². The van der Waals surface area contributed by atoms with Crippen LogP contribution in [-0.4, -0.2) is 62.3 Å². The van der Waals surface area contributed by atoms with Crippen LogP contribution in [0.3, 0.4) is 0 Å². The van der Waals surface area contributed by atoms with Crippen molar-refractivity contribution in [3.05, 3.63) is 0 Å². The molecule has 0 aromatic carbocycles. The number of carbonyl (C=O) groups excluding carboxylic acids is 1. The molecule has 0 radical (unpaired) electrons. The molecular formula is C9H19N3O2. The van der Waals surface area contributed by atoms with E-state index in [4.69, 9.17) is 4.74 Å². The number of hydrogen-bond donors (Lipinski definition) is 1. The highest BCUT2D eigenvalue weighted by atomic mass is 16.5. The largest absolute Gasteiger partial charge is 0.378 e. The van der Waals surface area contributed by atoms with E-state index >= 15 is 0 Å². The lowest BCUT2D eigenvalue weighted by atomic mass is 10.3. The molecule has 1 saturated heterocycles. The first-order valence-electron chi connectivity index (χ1n) is 4.91. The minimum Gasteiger partial charge on any atom is -0.378 e. The lowest BCUT2D eigenvalue weighted by Crippen LogP contribution is -2.52. The molecule has 5 heteroatoms. The van der Waals surface area contributed by atoms with Crippen LogP contribution in [0.1, 0.15) is 6.92 Å². The number of hydrogen-bond acceptors (Lipinski definition) is 4. The predicted molar refractivity (Wildman–Crippen MR) is 53.7 cm³/mol. The maximum absolute atomic E-state index is 11.8. The summed E-state index contributed by atoms with van der Waals surface area (Å²) in [6.07, 6.45) is 0. The zero-order valence-electron chi connectivity index (χ0n) is 9.12. The predicted octanol–water partition coefficient (Wildman–Crippen LogP) is -0.700. The maximum Gasteiger partial charge on any atom is 0.240 e. The van der Waals surface area contributed by atoms with Crippen molar-refractivity contribution in [2.45, 2.75) is 13.0 Å². The number of nitrogens with zero attached hydrogens (tertiary/aromatic N) is 2. The highest BCUT2D eigenvalue weighted by Gasteiger charge is 2.22. The van der Waals surface area contributed by atoms with Gasteiger partial charge in [-0.3, -0.25) is 4.79 Å². The molecule has 1 rings (SSSR count). The Kier molecular flexibility index (Phi) is 4.31. The van der Waals surface area contributed by atoms with Crippen LogP contribution in [0.4, 0.5) is 0 Å². The van der Waals surface area contributed by atoms with E-state index in [1.165, 1.54) is 0 Å². The van der Waals surface area contributed by atoms with Crippen LogP contribution >= 0.6 is 0 Å². The standard InChI is InChI=1S/C9H19N3O2/c1-8(10-11(2)3)9(13)12-4-6-14-7-5-12/h8,10H,4-7H2,1-3H3. The van der Waals surface area contributed by atoms with Crippen molar-refractivity contribution >= 4 is 5.91 Å². The third-order valence-corrected chi connectivity index (χ3v) is 2.15. The fourth-order valence-corrected chi connectivity index (χ4v) is 1.50. The quantitative estimate of drug-likeness (QED) is 0.613. The topological polar surface area (TPSA) is 44.8 Å². The summed E-state index contributed by atoms with van der Waals surface area (Å²) in [7, 11) is 3.76. The Bertz CT molecular complexity index is 190. The van der Waals surface area contributed by atoms with E-state index in [1.807, 2.05) is 25.9 Å². The van der Waals surface area contributed by atoms with E-state index in [1.54, 1.807) is 5.01 Å². The van der Waals surface area contributed by atoms with Gasteiger partial charge in [-0.15, -0.1) is 0 Å². The van der Waals surface area contributed by atoms with E-state index in [2.05, 4.69) is 5.43 Å². The molecule has 0 bridgehead atoms. The Morgan fingerprint density at radius 2 is 2.00 bits per heavy atom. The molecule has 1 atom stereocenters. The average Bonchev–Trinajstić information content (AvgIpc) is 2.17. The molecule has 1 unspecified atom stereocenters. The summed E-state index contributed by atoms with van der Waals surface area (Å²) in [4.78, 5) is 13.7. The molecule has 1 fully saturated rings. The molecule has 0 aromatic rings.